The van der Waals surface area contributed by atoms with E-state index in [1.807, 2.05) is 7.05 Å². The molecule has 1 aromatic rings. The van der Waals surface area contributed by atoms with Crippen molar-refractivity contribution in [2.24, 2.45) is 0 Å². The monoisotopic (exact) mass is 234 g/mol. The average Bonchev–Trinajstić information content (AvgIpc) is 2.37. The number of rotatable bonds is 4. The second-order valence-corrected chi connectivity index (χ2v) is 4.69. The topological polar surface area (TPSA) is 33.3 Å². The lowest BCUT2D eigenvalue weighted by atomic mass is 9.99. The van der Waals surface area contributed by atoms with Gasteiger partial charge in [0.05, 0.1) is 12.7 Å². The first-order chi connectivity index (χ1) is 8.29. The number of hydrogen-bond donors (Lipinski definition) is 2. The van der Waals surface area contributed by atoms with Crippen LogP contribution in [0.25, 0.3) is 0 Å². The molecule has 2 atom stereocenters. The molecule has 0 spiro atoms. The lowest BCUT2D eigenvalue weighted by Crippen LogP contribution is -2.40. The zero-order valence-corrected chi connectivity index (χ0v) is 10.7. The van der Waals surface area contributed by atoms with Crippen molar-refractivity contribution in [3.8, 4) is 0 Å². The molecule has 1 heterocycles. The van der Waals surface area contributed by atoms with Gasteiger partial charge in [-0.2, -0.15) is 0 Å². The van der Waals surface area contributed by atoms with Gasteiger partial charge in [-0.25, -0.2) is 0 Å². The Bertz CT molecular complexity index is 348. The van der Waals surface area contributed by atoms with Gasteiger partial charge in [0.15, 0.2) is 0 Å². The maximum Gasteiger partial charge on any atom is 0.0718 e. The van der Waals surface area contributed by atoms with Crippen molar-refractivity contribution in [2.45, 2.75) is 25.5 Å². The molecule has 1 saturated heterocycles. The van der Waals surface area contributed by atoms with Crippen molar-refractivity contribution in [1.82, 2.24) is 10.6 Å². The van der Waals surface area contributed by atoms with Crippen molar-refractivity contribution in [3.05, 3.63) is 35.4 Å². The summed E-state index contributed by atoms with van der Waals surface area (Å²) in [7, 11) is 2.02. The van der Waals surface area contributed by atoms with Crippen molar-refractivity contribution >= 4 is 0 Å². The van der Waals surface area contributed by atoms with Gasteiger partial charge in [0.2, 0.25) is 0 Å². The molecule has 1 aromatic carbocycles. The minimum atomic E-state index is 0.321. The predicted octanol–water partition coefficient (Wildman–Crippen LogP) is 1.63. The van der Waals surface area contributed by atoms with E-state index in [4.69, 9.17) is 4.74 Å². The zero-order valence-electron chi connectivity index (χ0n) is 10.7. The fourth-order valence-corrected chi connectivity index (χ4v) is 2.34. The van der Waals surface area contributed by atoms with Gasteiger partial charge in [-0.3, -0.25) is 0 Å². The molecule has 0 amide bonds. The molecule has 0 aromatic heterocycles. The highest BCUT2D eigenvalue weighted by Gasteiger charge is 2.19. The number of morpholine rings is 1. The van der Waals surface area contributed by atoms with Gasteiger partial charge >= 0.3 is 0 Å². The van der Waals surface area contributed by atoms with Crippen molar-refractivity contribution in [2.75, 3.05) is 26.7 Å². The van der Waals surface area contributed by atoms with Crippen LogP contribution in [0.1, 0.15) is 23.6 Å². The Kier molecular flexibility index (Phi) is 4.54. The molecule has 1 aliphatic heterocycles. The summed E-state index contributed by atoms with van der Waals surface area (Å²) in [6, 6.07) is 9.06. The van der Waals surface area contributed by atoms with E-state index in [0.29, 0.717) is 12.1 Å². The largest absolute Gasteiger partial charge is 0.376 e. The van der Waals surface area contributed by atoms with Crippen LogP contribution in [0, 0.1) is 6.92 Å². The molecule has 1 aliphatic rings. The summed E-state index contributed by atoms with van der Waals surface area (Å²) < 4.78 is 5.76. The van der Waals surface area contributed by atoms with Gasteiger partial charge in [0, 0.05) is 19.1 Å². The van der Waals surface area contributed by atoms with E-state index in [2.05, 4.69) is 41.8 Å². The van der Waals surface area contributed by atoms with E-state index < -0.39 is 0 Å². The Morgan fingerprint density at radius 1 is 1.53 bits per heavy atom. The highest BCUT2D eigenvalue weighted by Crippen LogP contribution is 2.20. The quantitative estimate of drug-likeness (QED) is 0.831. The normalized spacial score (nSPS) is 22.4. The van der Waals surface area contributed by atoms with E-state index in [1.54, 1.807) is 0 Å². The number of ether oxygens (including phenoxy) is 1. The molecular weight excluding hydrogens is 212 g/mol. The van der Waals surface area contributed by atoms with E-state index in [-0.39, 0.29) is 0 Å². The minimum absolute atomic E-state index is 0.321. The van der Waals surface area contributed by atoms with Crippen LogP contribution in [-0.4, -0.2) is 32.8 Å². The lowest BCUT2D eigenvalue weighted by molar-refractivity contribution is 0.0176. The fourth-order valence-electron chi connectivity index (χ4n) is 2.34. The van der Waals surface area contributed by atoms with E-state index >= 15 is 0 Å². The Hall–Kier alpha value is -0.900. The van der Waals surface area contributed by atoms with Gasteiger partial charge in [-0.1, -0.05) is 29.8 Å². The van der Waals surface area contributed by atoms with Crippen LogP contribution in [0.3, 0.4) is 0 Å². The first kappa shape index (κ1) is 12.6. The third-order valence-electron chi connectivity index (χ3n) is 3.30. The number of benzene rings is 1. The van der Waals surface area contributed by atoms with E-state index in [1.165, 1.54) is 11.1 Å². The SMILES string of the molecule is CNC(CC1CNCCO1)c1cccc(C)c1. The summed E-state index contributed by atoms with van der Waals surface area (Å²) in [5.74, 6) is 0. The Morgan fingerprint density at radius 3 is 3.06 bits per heavy atom. The molecule has 2 N–H and O–H groups in total. The zero-order chi connectivity index (χ0) is 12.1. The van der Waals surface area contributed by atoms with E-state index in [9.17, 15) is 0 Å². The van der Waals surface area contributed by atoms with Crippen LogP contribution in [0.4, 0.5) is 0 Å². The number of hydrogen-bond acceptors (Lipinski definition) is 3. The summed E-state index contributed by atoms with van der Waals surface area (Å²) in [6.07, 6.45) is 1.34. The van der Waals surface area contributed by atoms with Crippen LogP contribution in [0.5, 0.6) is 0 Å². The number of aryl methyl sites for hydroxylation is 1. The maximum atomic E-state index is 5.76. The van der Waals surface area contributed by atoms with Gasteiger partial charge in [0.1, 0.15) is 0 Å². The first-order valence-corrected chi connectivity index (χ1v) is 6.35. The molecular formula is C14H22N2O. The molecule has 0 radical (unpaired) electrons. The third kappa shape index (κ3) is 3.53. The van der Waals surface area contributed by atoms with Crippen molar-refractivity contribution in [1.29, 1.82) is 0 Å². The molecule has 0 aliphatic carbocycles. The smallest absolute Gasteiger partial charge is 0.0718 e. The van der Waals surface area contributed by atoms with E-state index in [0.717, 1.165) is 26.1 Å². The summed E-state index contributed by atoms with van der Waals surface area (Å²) in [5.41, 5.74) is 2.66. The molecule has 0 saturated carbocycles. The van der Waals surface area contributed by atoms with Gasteiger partial charge < -0.3 is 15.4 Å². The molecule has 1 fully saturated rings. The number of nitrogens with one attached hydrogen (secondary N) is 2. The summed E-state index contributed by atoms with van der Waals surface area (Å²) in [5, 5.41) is 6.76. The second kappa shape index (κ2) is 6.15. The Morgan fingerprint density at radius 2 is 2.41 bits per heavy atom. The lowest BCUT2D eigenvalue weighted by Gasteiger charge is -2.27. The molecule has 0 bridgehead atoms. The predicted molar refractivity (Wildman–Crippen MR) is 70.2 cm³/mol. The summed E-state index contributed by atoms with van der Waals surface area (Å²) >= 11 is 0. The fraction of sp³-hybridized carbons (Fsp3) is 0.571. The first-order valence-electron chi connectivity index (χ1n) is 6.35. The molecule has 94 valence electrons. The van der Waals surface area contributed by atoms with Gasteiger partial charge in [-0.15, -0.1) is 0 Å². The van der Waals surface area contributed by atoms with Crippen LogP contribution in [0.2, 0.25) is 0 Å². The molecule has 17 heavy (non-hydrogen) atoms. The van der Waals surface area contributed by atoms with Crippen LogP contribution in [-0.2, 0) is 4.74 Å². The second-order valence-electron chi connectivity index (χ2n) is 4.69. The molecule has 2 unspecified atom stereocenters. The third-order valence-corrected chi connectivity index (χ3v) is 3.30. The minimum Gasteiger partial charge on any atom is -0.376 e. The maximum absolute atomic E-state index is 5.76. The molecule has 2 rings (SSSR count). The van der Waals surface area contributed by atoms with Gasteiger partial charge in [0.25, 0.3) is 0 Å². The van der Waals surface area contributed by atoms with Crippen molar-refractivity contribution in [3.63, 3.8) is 0 Å². The highest BCUT2D eigenvalue weighted by molar-refractivity contribution is 5.25. The molecule has 3 nitrogen and oxygen atoms in total. The summed E-state index contributed by atoms with van der Waals surface area (Å²) in [4.78, 5) is 0. The Labute approximate surface area is 104 Å². The standard InChI is InChI=1S/C14H22N2O/c1-11-4-3-5-12(8-11)14(15-2)9-13-10-16-6-7-17-13/h3-5,8,13-16H,6-7,9-10H2,1-2H3. The van der Waals surface area contributed by atoms with Crippen LogP contribution < -0.4 is 10.6 Å². The highest BCUT2D eigenvalue weighted by atomic mass is 16.5. The van der Waals surface area contributed by atoms with Crippen LogP contribution >= 0.6 is 0 Å². The molecule has 3 heteroatoms. The average molecular weight is 234 g/mol. The van der Waals surface area contributed by atoms with Crippen molar-refractivity contribution < 1.29 is 4.74 Å². The Balaban J connectivity index is 2.00. The van der Waals surface area contributed by atoms with Crippen LogP contribution in [0.15, 0.2) is 24.3 Å². The van der Waals surface area contributed by atoms with Gasteiger partial charge in [-0.05, 0) is 26.0 Å². The summed E-state index contributed by atoms with van der Waals surface area (Å²) in [6.45, 7) is 4.90.